The summed E-state index contributed by atoms with van der Waals surface area (Å²) >= 11 is 18.4. The topological polar surface area (TPSA) is 244 Å². The molecule has 4 aromatic heterocycles. The molecule has 0 spiro atoms. The monoisotopic (exact) mass is 1500 g/mol. The van der Waals surface area contributed by atoms with Gasteiger partial charge in [0, 0.05) is 145 Å². The van der Waals surface area contributed by atoms with Crippen molar-refractivity contribution in [1.29, 1.82) is 0 Å². The second kappa shape index (κ2) is 30.0. The lowest BCUT2D eigenvalue weighted by atomic mass is 9.80. The smallest absolute Gasteiger partial charge is 0.317 e. The minimum Gasteiger partial charge on any atom is -0.317 e. The maximum atomic E-state index is 14.1. The summed E-state index contributed by atoms with van der Waals surface area (Å²) in [5.74, 6) is 1.22. The van der Waals surface area contributed by atoms with Crippen molar-refractivity contribution in [2.24, 2.45) is 0 Å². The van der Waals surface area contributed by atoms with E-state index in [0.717, 1.165) is 82.7 Å². The van der Waals surface area contributed by atoms with Crippen LogP contribution in [0.3, 0.4) is 0 Å². The molecule has 4 aliphatic heterocycles. The lowest BCUT2D eigenvalue weighted by Crippen LogP contribution is -2.45. The fourth-order valence-electron chi connectivity index (χ4n) is 14.2. The van der Waals surface area contributed by atoms with Gasteiger partial charge in [0.2, 0.25) is 0 Å². The van der Waals surface area contributed by atoms with Gasteiger partial charge in [0.05, 0.1) is 64.1 Å². The number of hydrogen-bond acceptors (Lipinski definition) is 8. The van der Waals surface area contributed by atoms with Gasteiger partial charge in [-0.3, -0.25) is 20.4 Å². The van der Waals surface area contributed by atoms with Crippen LogP contribution in [0.25, 0.3) is 0 Å². The van der Waals surface area contributed by atoms with Gasteiger partial charge in [-0.15, -0.1) is 0 Å². The van der Waals surface area contributed by atoms with Crippen LogP contribution >= 0.6 is 55.1 Å². The molecular weight excluding hydrogens is 1420 g/mol. The first-order chi connectivity index (χ1) is 47.3. The Morgan fingerprint density at radius 2 is 0.796 bits per heavy atom. The van der Waals surface area contributed by atoms with E-state index in [0.29, 0.717) is 65.0 Å². The predicted molar refractivity (Wildman–Crippen MR) is 383 cm³/mol. The van der Waals surface area contributed by atoms with E-state index >= 15 is 0 Å². The van der Waals surface area contributed by atoms with Crippen LogP contribution in [-0.4, -0.2) is 109 Å². The minimum atomic E-state index is -0.610. The number of aromatic amines is 4. The zero-order valence-corrected chi connectivity index (χ0v) is 60.0. The molecule has 0 saturated heterocycles. The Kier molecular flexibility index (Phi) is 21.0. The number of urea groups is 4. The standard InChI is InChI=1S/C18H20BrFN4O.C18H21BrN4O.C18H20ClFN4O.C18H21ClN4O/c1-10-7-16-13(17(23-22-16)11-3-2-4-11)9-24(10)18(25)21-12-5-6-15(20)14(19)8-12;1-11-8-16-15(17(22-21-16)12-4-2-5-12)10-23(11)18(24)20-14-7-3-6-13(19)9-14;1-10-8-15-12(17(23-22-15)11-4-2-5-11)9-24(10)18(25)21-14-7-3-6-13(19)16(14)20;1-11-8-16-15(17(22-21-16)12-4-2-5-12)10-23(11)18(24)20-14-7-3-6-13(19)9-14/h5-6,8,10-11H,2-4,7,9H2,1H3,(H,21,25)(H,22,23);3,6-7,9,11-12H,2,4-5,8,10H2,1H3,(H,20,24)(H,21,22);3,6-7,10-11H,2,4-5,8-9H2,1H3,(H,21,25)(H,22,23);3,6-7,9,11-12H,2,4-5,8,10H2,1H3,(H,20,24)(H,21,22). The highest BCUT2D eigenvalue weighted by Gasteiger charge is 2.39. The summed E-state index contributed by atoms with van der Waals surface area (Å²) in [5.41, 5.74) is 16.2. The molecule has 516 valence electrons. The van der Waals surface area contributed by atoms with Gasteiger partial charge >= 0.3 is 24.1 Å². The van der Waals surface area contributed by atoms with E-state index in [4.69, 9.17) is 23.2 Å². The highest BCUT2D eigenvalue weighted by atomic mass is 79.9. The number of nitrogens with zero attached hydrogens (tertiary/aromatic N) is 8. The van der Waals surface area contributed by atoms with Crippen LogP contribution in [0.4, 0.5) is 50.7 Å². The third kappa shape index (κ3) is 15.0. The molecule has 8 aliphatic rings. The van der Waals surface area contributed by atoms with E-state index in [1.54, 1.807) is 35.2 Å². The quantitative estimate of drug-likeness (QED) is 0.0725. The second-order valence-corrected chi connectivity index (χ2v) is 30.1. The fraction of sp³-hybridized carbons (Fsp3) is 0.444. The van der Waals surface area contributed by atoms with E-state index in [2.05, 4.69) is 108 Å². The van der Waals surface area contributed by atoms with Crippen LogP contribution in [0.1, 0.15) is 196 Å². The zero-order chi connectivity index (χ0) is 68.5. The van der Waals surface area contributed by atoms with Gasteiger partial charge in [0.1, 0.15) is 5.82 Å². The summed E-state index contributed by atoms with van der Waals surface area (Å²) < 4.78 is 28.7. The molecule has 4 fully saturated rings. The summed E-state index contributed by atoms with van der Waals surface area (Å²) in [6, 6.07) is 23.7. The Morgan fingerprint density at radius 1 is 0.449 bits per heavy atom. The SMILES string of the molecule is CC1Cc2[nH]nc(C3CCC3)c2CN1C(=O)Nc1ccc(F)c(Br)c1.CC1Cc2[nH]nc(C3CCC3)c2CN1C(=O)Nc1cccc(Br)c1.CC1Cc2[nH]nc(C3CCC3)c2CN1C(=O)Nc1cccc(Cl)c1.CC1Cc2[nH]nc(C3CCC3)c2CN1C(=O)Nc1cccc(Cl)c1F. The number of carbonyl (C=O) groups excluding carboxylic acids is 4. The molecule has 0 bridgehead atoms. The highest BCUT2D eigenvalue weighted by Crippen LogP contribution is 2.44. The molecule has 4 atom stereocenters. The number of hydrogen-bond donors (Lipinski definition) is 8. The number of fused-ring (bicyclic) bond motifs is 4. The number of nitrogens with one attached hydrogen (secondary N) is 8. The van der Waals surface area contributed by atoms with Gasteiger partial charge < -0.3 is 40.9 Å². The third-order valence-corrected chi connectivity index (χ3v) is 22.5. The van der Waals surface area contributed by atoms with Crippen LogP contribution in [0.5, 0.6) is 0 Å². The molecule has 4 saturated carbocycles. The zero-order valence-electron chi connectivity index (χ0n) is 55.3. The molecule has 8 amide bonds. The molecule has 16 rings (SSSR count). The lowest BCUT2D eigenvalue weighted by Gasteiger charge is -2.34. The van der Waals surface area contributed by atoms with Crippen molar-refractivity contribution < 1.29 is 28.0 Å². The molecule has 0 radical (unpaired) electrons. The van der Waals surface area contributed by atoms with Gasteiger partial charge in [0.25, 0.3) is 0 Å². The molecule has 8 N–H and O–H groups in total. The number of benzene rings is 4. The van der Waals surface area contributed by atoms with Crippen molar-refractivity contribution in [1.82, 2.24) is 60.4 Å². The maximum absolute atomic E-state index is 14.1. The van der Waals surface area contributed by atoms with Crippen LogP contribution in [0.2, 0.25) is 10.0 Å². The Balaban J connectivity index is 0.000000118. The van der Waals surface area contributed by atoms with Gasteiger partial charge in [-0.1, -0.05) is 83.0 Å². The van der Waals surface area contributed by atoms with Crippen LogP contribution in [0.15, 0.2) is 93.9 Å². The number of rotatable bonds is 8. The molecule has 8 heterocycles. The van der Waals surface area contributed by atoms with Gasteiger partial charge in [-0.25, -0.2) is 28.0 Å². The Labute approximate surface area is 595 Å². The van der Waals surface area contributed by atoms with Crippen molar-refractivity contribution in [3.8, 4) is 0 Å². The molecule has 4 unspecified atom stereocenters. The van der Waals surface area contributed by atoms with Crippen molar-refractivity contribution in [2.45, 2.75) is 204 Å². The Bertz CT molecular complexity index is 4110. The van der Waals surface area contributed by atoms with E-state index in [9.17, 15) is 28.0 Å². The third-order valence-electron chi connectivity index (χ3n) is 20.9. The first-order valence-corrected chi connectivity index (χ1v) is 36.6. The number of carbonyl (C=O) groups is 4. The molecule has 98 heavy (non-hydrogen) atoms. The van der Waals surface area contributed by atoms with Crippen molar-refractivity contribution in [2.75, 3.05) is 21.3 Å². The van der Waals surface area contributed by atoms with Crippen LogP contribution in [0, 0.1) is 11.6 Å². The molecule has 4 aliphatic carbocycles. The normalized spacial score (nSPS) is 20.3. The number of aromatic nitrogens is 8. The molecular formula is C72H82Br2Cl2F2N16O4. The van der Waals surface area contributed by atoms with Gasteiger partial charge in [-0.05, 0) is 162 Å². The summed E-state index contributed by atoms with van der Waals surface area (Å²) in [5, 5.41) is 42.9. The lowest BCUT2D eigenvalue weighted by molar-refractivity contribution is 0.180. The first-order valence-electron chi connectivity index (χ1n) is 34.2. The summed E-state index contributed by atoms with van der Waals surface area (Å²) in [6.45, 7) is 10.5. The molecule has 26 heteroatoms. The summed E-state index contributed by atoms with van der Waals surface area (Å²) in [4.78, 5) is 58.3. The number of amides is 8. The fourth-order valence-corrected chi connectivity index (χ4v) is 15.4. The van der Waals surface area contributed by atoms with Gasteiger partial charge in [0.15, 0.2) is 5.82 Å². The van der Waals surface area contributed by atoms with Crippen LogP contribution < -0.4 is 21.3 Å². The van der Waals surface area contributed by atoms with Gasteiger partial charge in [-0.2, -0.15) is 20.4 Å². The number of H-pyrrole nitrogens is 4. The van der Waals surface area contributed by atoms with E-state index in [1.807, 2.05) is 64.9 Å². The van der Waals surface area contributed by atoms with Crippen molar-refractivity contribution in [3.63, 3.8) is 0 Å². The van der Waals surface area contributed by atoms with E-state index < -0.39 is 5.82 Å². The second-order valence-electron chi connectivity index (χ2n) is 27.5. The Hall–Kier alpha value is -7.80. The highest BCUT2D eigenvalue weighted by molar-refractivity contribution is 9.10. The molecule has 20 nitrogen and oxygen atoms in total. The number of anilines is 4. The minimum absolute atomic E-state index is 0.00411. The molecule has 4 aromatic carbocycles. The number of halogens is 6. The Morgan fingerprint density at radius 3 is 1.14 bits per heavy atom. The summed E-state index contributed by atoms with van der Waals surface area (Å²) in [6.07, 6.45) is 17.8. The largest absolute Gasteiger partial charge is 0.322 e. The van der Waals surface area contributed by atoms with E-state index in [1.165, 1.54) is 122 Å². The predicted octanol–water partition coefficient (Wildman–Crippen LogP) is 17.7. The average molecular weight is 1500 g/mol. The average Bonchev–Trinajstić information content (AvgIpc) is 1.62. The first kappa shape index (κ1) is 68.7. The maximum Gasteiger partial charge on any atom is 0.322 e. The van der Waals surface area contributed by atoms with E-state index in [-0.39, 0.29) is 64.8 Å². The van der Waals surface area contributed by atoms with Crippen LogP contribution in [-0.2, 0) is 51.9 Å². The summed E-state index contributed by atoms with van der Waals surface area (Å²) in [7, 11) is 0. The van der Waals surface area contributed by atoms with Crippen molar-refractivity contribution in [3.05, 3.63) is 183 Å². The van der Waals surface area contributed by atoms with Crippen molar-refractivity contribution >= 4 is 102 Å². The molecule has 8 aromatic rings.